The van der Waals surface area contributed by atoms with Gasteiger partial charge in [0.25, 0.3) is 5.91 Å². The lowest BCUT2D eigenvalue weighted by atomic mass is 9.96. The van der Waals surface area contributed by atoms with Crippen LogP contribution in [0.25, 0.3) is 10.9 Å². The monoisotopic (exact) mass is 320 g/mol. The fourth-order valence-corrected chi connectivity index (χ4v) is 3.51. The molecule has 122 valence electrons. The van der Waals surface area contributed by atoms with Crippen LogP contribution in [0.3, 0.4) is 0 Å². The molecule has 0 bridgehead atoms. The zero-order valence-electron chi connectivity index (χ0n) is 13.5. The summed E-state index contributed by atoms with van der Waals surface area (Å²) in [6.45, 7) is 0. The summed E-state index contributed by atoms with van der Waals surface area (Å²) >= 11 is 0. The molecule has 5 nitrogen and oxygen atoms in total. The van der Waals surface area contributed by atoms with Gasteiger partial charge in [0, 0.05) is 17.6 Å². The Morgan fingerprint density at radius 1 is 1.04 bits per heavy atom. The Balaban J connectivity index is 1.61. The summed E-state index contributed by atoms with van der Waals surface area (Å²) in [4.78, 5) is 17.1. The van der Waals surface area contributed by atoms with Gasteiger partial charge in [-0.2, -0.15) is 5.10 Å². The van der Waals surface area contributed by atoms with Crippen LogP contribution in [0.1, 0.15) is 48.5 Å². The number of rotatable bonds is 3. The highest BCUT2D eigenvalue weighted by Gasteiger charge is 2.20. The highest BCUT2D eigenvalue weighted by atomic mass is 16.1. The summed E-state index contributed by atoms with van der Waals surface area (Å²) in [6, 6.07) is 11.7. The predicted octanol–water partition coefficient (Wildman–Crippen LogP) is 4.19. The van der Waals surface area contributed by atoms with E-state index in [9.17, 15) is 4.79 Å². The molecule has 24 heavy (non-hydrogen) atoms. The summed E-state index contributed by atoms with van der Waals surface area (Å²) < 4.78 is 1.97. The average Bonchev–Trinajstić information content (AvgIpc) is 3.10. The Labute approximate surface area is 140 Å². The molecule has 1 saturated carbocycles. The van der Waals surface area contributed by atoms with E-state index in [4.69, 9.17) is 0 Å². The number of carbonyl (C=O) groups is 1. The molecule has 2 heterocycles. The molecular formula is C19H20N4O. The molecule has 4 rings (SSSR count). The number of fused-ring (bicyclic) bond motifs is 1. The van der Waals surface area contributed by atoms with Gasteiger partial charge in [0.2, 0.25) is 0 Å². The normalized spacial score (nSPS) is 15.5. The third-order valence-electron chi connectivity index (χ3n) is 4.73. The van der Waals surface area contributed by atoms with Crippen LogP contribution in [-0.2, 0) is 0 Å². The zero-order chi connectivity index (χ0) is 16.4. The van der Waals surface area contributed by atoms with Gasteiger partial charge in [0.15, 0.2) is 0 Å². The van der Waals surface area contributed by atoms with Crippen molar-refractivity contribution < 1.29 is 4.79 Å². The maximum Gasteiger partial charge on any atom is 0.257 e. The van der Waals surface area contributed by atoms with Crippen molar-refractivity contribution in [3.8, 4) is 0 Å². The van der Waals surface area contributed by atoms with E-state index in [0.29, 0.717) is 11.6 Å². The SMILES string of the molecule is O=C(Nc1ccnn1C1CCCCC1)c1ccnc2ccccc12. The van der Waals surface area contributed by atoms with E-state index in [-0.39, 0.29) is 5.91 Å². The molecule has 0 saturated heterocycles. The molecule has 1 fully saturated rings. The topological polar surface area (TPSA) is 59.8 Å². The first-order valence-corrected chi connectivity index (χ1v) is 8.51. The zero-order valence-corrected chi connectivity index (χ0v) is 13.5. The van der Waals surface area contributed by atoms with Crippen LogP contribution in [0.15, 0.2) is 48.8 Å². The van der Waals surface area contributed by atoms with E-state index in [2.05, 4.69) is 15.4 Å². The maximum absolute atomic E-state index is 12.8. The van der Waals surface area contributed by atoms with Crippen molar-refractivity contribution >= 4 is 22.6 Å². The number of nitrogens with one attached hydrogen (secondary N) is 1. The van der Waals surface area contributed by atoms with Gasteiger partial charge >= 0.3 is 0 Å². The molecule has 0 unspecified atom stereocenters. The van der Waals surface area contributed by atoms with E-state index in [1.807, 2.05) is 35.0 Å². The van der Waals surface area contributed by atoms with Gasteiger partial charge in [-0.1, -0.05) is 37.5 Å². The van der Waals surface area contributed by atoms with Gasteiger partial charge in [-0.3, -0.25) is 9.78 Å². The second kappa shape index (κ2) is 6.43. The number of hydrogen-bond acceptors (Lipinski definition) is 3. The van der Waals surface area contributed by atoms with Gasteiger partial charge in [0.05, 0.1) is 23.3 Å². The van der Waals surface area contributed by atoms with E-state index in [0.717, 1.165) is 29.6 Å². The van der Waals surface area contributed by atoms with Crippen molar-refractivity contribution in [1.82, 2.24) is 14.8 Å². The third kappa shape index (κ3) is 2.77. The number of nitrogens with zero attached hydrogens (tertiary/aromatic N) is 3. The maximum atomic E-state index is 12.8. The molecule has 0 spiro atoms. The molecule has 0 aliphatic heterocycles. The molecule has 1 aliphatic rings. The standard InChI is InChI=1S/C19H20N4O/c24-19(16-10-12-20-17-9-5-4-8-15(16)17)22-18-11-13-21-23(18)14-6-2-1-3-7-14/h4-5,8-14H,1-3,6-7H2,(H,22,24). The highest BCUT2D eigenvalue weighted by Crippen LogP contribution is 2.30. The first kappa shape index (κ1) is 14.9. The number of carbonyl (C=O) groups excluding carboxylic acids is 1. The number of hydrogen-bond donors (Lipinski definition) is 1. The number of amides is 1. The van der Waals surface area contributed by atoms with E-state index in [1.54, 1.807) is 18.5 Å². The van der Waals surface area contributed by atoms with Crippen molar-refractivity contribution in [2.75, 3.05) is 5.32 Å². The van der Waals surface area contributed by atoms with Crippen molar-refractivity contribution in [1.29, 1.82) is 0 Å². The minimum Gasteiger partial charge on any atom is -0.307 e. The Morgan fingerprint density at radius 2 is 1.88 bits per heavy atom. The quantitative estimate of drug-likeness (QED) is 0.787. The molecule has 0 atom stereocenters. The first-order valence-electron chi connectivity index (χ1n) is 8.51. The van der Waals surface area contributed by atoms with Crippen molar-refractivity contribution in [3.63, 3.8) is 0 Å². The van der Waals surface area contributed by atoms with E-state index < -0.39 is 0 Å². The van der Waals surface area contributed by atoms with Gasteiger partial charge in [-0.25, -0.2) is 4.68 Å². The number of aromatic nitrogens is 3. The van der Waals surface area contributed by atoms with Crippen molar-refractivity contribution in [2.24, 2.45) is 0 Å². The molecular weight excluding hydrogens is 300 g/mol. The Bertz CT molecular complexity index is 859. The fraction of sp³-hybridized carbons (Fsp3) is 0.316. The second-order valence-corrected chi connectivity index (χ2v) is 6.28. The number of para-hydroxylation sites is 1. The lowest BCUT2D eigenvalue weighted by molar-refractivity contribution is 0.102. The van der Waals surface area contributed by atoms with Crippen LogP contribution in [0.2, 0.25) is 0 Å². The smallest absolute Gasteiger partial charge is 0.257 e. The fourth-order valence-electron chi connectivity index (χ4n) is 3.51. The van der Waals surface area contributed by atoms with E-state index >= 15 is 0 Å². The van der Waals surface area contributed by atoms with Gasteiger partial charge in [-0.05, 0) is 25.0 Å². The van der Waals surface area contributed by atoms with Gasteiger partial charge < -0.3 is 5.32 Å². The molecule has 0 radical (unpaired) electrons. The third-order valence-corrected chi connectivity index (χ3v) is 4.73. The summed E-state index contributed by atoms with van der Waals surface area (Å²) in [6.07, 6.45) is 9.44. The molecule has 1 N–H and O–H groups in total. The first-order chi connectivity index (χ1) is 11.8. The van der Waals surface area contributed by atoms with Crippen molar-refractivity contribution in [3.05, 3.63) is 54.4 Å². The van der Waals surface area contributed by atoms with Crippen LogP contribution in [0.5, 0.6) is 0 Å². The van der Waals surface area contributed by atoms with Crippen LogP contribution in [0.4, 0.5) is 5.82 Å². The van der Waals surface area contributed by atoms with Gasteiger partial charge in [-0.15, -0.1) is 0 Å². The minimum atomic E-state index is -0.119. The Hall–Kier alpha value is -2.69. The molecule has 3 aromatic rings. The summed E-state index contributed by atoms with van der Waals surface area (Å²) in [5, 5.41) is 8.33. The lowest BCUT2D eigenvalue weighted by Crippen LogP contribution is -2.20. The molecule has 2 aromatic heterocycles. The number of pyridine rings is 1. The molecule has 5 heteroatoms. The summed E-state index contributed by atoms with van der Waals surface area (Å²) in [7, 11) is 0. The Kier molecular flexibility index (Phi) is 3.99. The highest BCUT2D eigenvalue weighted by molar-refractivity contribution is 6.11. The van der Waals surface area contributed by atoms with Crippen LogP contribution < -0.4 is 5.32 Å². The lowest BCUT2D eigenvalue weighted by Gasteiger charge is -2.24. The van der Waals surface area contributed by atoms with Crippen LogP contribution >= 0.6 is 0 Å². The van der Waals surface area contributed by atoms with Gasteiger partial charge in [0.1, 0.15) is 5.82 Å². The average molecular weight is 320 g/mol. The molecule has 1 amide bonds. The van der Waals surface area contributed by atoms with Crippen molar-refractivity contribution in [2.45, 2.75) is 38.1 Å². The molecule has 1 aliphatic carbocycles. The van der Waals surface area contributed by atoms with E-state index in [1.165, 1.54) is 19.3 Å². The number of benzene rings is 1. The molecule has 1 aromatic carbocycles. The Morgan fingerprint density at radius 3 is 2.75 bits per heavy atom. The summed E-state index contributed by atoms with van der Waals surface area (Å²) in [5.74, 6) is 0.652. The largest absolute Gasteiger partial charge is 0.307 e. The van der Waals surface area contributed by atoms with Crippen LogP contribution in [0, 0.1) is 0 Å². The summed E-state index contributed by atoms with van der Waals surface area (Å²) in [5.41, 5.74) is 1.46. The second-order valence-electron chi connectivity index (χ2n) is 6.28. The minimum absolute atomic E-state index is 0.119. The number of anilines is 1. The van der Waals surface area contributed by atoms with Crippen LogP contribution in [-0.4, -0.2) is 20.7 Å². The predicted molar refractivity (Wildman–Crippen MR) is 94.0 cm³/mol.